The number of fused-ring (bicyclic) bond motifs is 4. The highest BCUT2D eigenvalue weighted by atomic mass is 35.5. The summed E-state index contributed by atoms with van der Waals surface area (Å²) < 4.78 is 15.1. The third-order valence-corrected chi connectivity index (χ3v) is 15.0. The van der Waals surface area contributed by atoms with Gasteiger partial charge in [-0.05, 0) is 116 Å². The van der Waals surface area contributed by atoms with Crippen LogP contribution in [0.5, 0.6) is 0 Å². The number of piperidine rings is 1. The Morgan fingerprint density at radius 2 is 1.61 bits per heavy atom. The maximum absolute atomic E-state index is 15.1. The number of hydrogen-bond acceptors (Lipinski definition) is 8. The van der Waals surface area contributed by atoms with Gasteiger partial charge in [0.2, 0.25) is 17.7 Å². The lowest BCUT2D eigenvalue weighted by Gasteiger charge is -2.47. The lowest BCUT2D eigenvalue weighted by molar-refractivity contribution is -0.137. The van der Waals surface area contributed by atoms with Gasteiger partial charge in [0.05, 0.1) is 5.02 Å². The third kappa shape index (κ3) is 8.95. The van der Waals surface area contributed by atoms with Crippen LogP contribution >= 0.6 is 23.2 Å². The SMILES string of the molecule is C=O.CNc1ccc(C(=O)NC2CCC(C#Cc3cccc4c3CN(C3CCC(=O)NC3=O)C4=O)CC2)cc1.O=C1Nc2cc(Cl)ccc2[C@@]12C(c1cccc(Cl)c1F)CNC21CCCCC1. The van der Waals surface area contributed by atoms with Gasteiger partial charge in [-0.3, -0.25) is 29.3 Å². The number of nitrogens with zero attached hydrogens (tertiary/aromatic N) is 1. The highest BCUT2D eigenvalue weighted by molar-refractivity contribution is 6.31. The number of anilines is 2. The van der Waals surface area contributed by atoms with Crippen LogP contribution in [0.3, 0.4) is 0 Å². The second-order valence-electron chi connectivity index (χ2n) is 18.0. The molecule has 2 saturated carbocycles. The van der Waals surface area contributed by atoms with Gasteiger partial charge < -0.3 is 31.0 Å². The summed E-state index contributed by atoms with van der Waals surface area (Å²) in [6, 6.07) is 23.1. The van der Waals surface area contributed by atoms with Crippen molar-refractivity contribution in [2.75, 3.05) is 24.2 Å². The van der Waals surface area contributed by atoms with E-state index >= 15 is 4.39 Å². The molecule has 12 nitrogen and oxygen atoms in total. The standard InChI is InChI=1S/C29H30N4O4.C22H21Cl2FN2O.CH2O/c1-30-21-13-9-20(10-14-21)27(35)31-22-11-6-18(7-12-22)5-8-19-3-2-4-23-24(19)17-33(29(23)37)25-15-16-26(34)32-28(25)36;23-13-7-8-15-18(11-13)27-20(28)22(15)16(14-5-4-6-17(24)19(14)25)12-26-21(22)9-2-1-3-10-21;1-2/h2-4,9-10,13-14,18,22,25,30H,6-7,11-12,15-17H2,1H3,(H,31,35)(H,32,34,36);4-8,11,16,26H,1-3,9-10,12H2,(H,27,28);1H2/t;16?,22-;/m.1./s1. The minimum atomic E-state index is -0.876. The van der Waals surface area contributed by atoms with Crippen molar-refractivity contribution in [3.8, 4) is 11.8 Å². The molecular formula is C52H53Cl2FN6O6. The molecule has 3 atom stereocenters. The maximum atomic E-state index is 15.1. The Labute approximate surface area is 399 Å². The summed E-state index contributed by atoms with van der Waals surface area (Å²) in [6.07, 6.45) is 9.14. The van der Waals surface area contributed by atoms with Gasteiger partial charge in [-0.15, -0.1) is 0 Å². The third-order valence-electron chi connectivity index (χ3n) is 14.5. The topological polar surface area (TPSA) is 166 Å². The highest BCUT2D eigenvalue weighted by Crippen LogP contribution is 2.61. The Morgan fingerprint density at radius 1 is 0.881 bits per heavy atom. The molecule has 4 aromatic carbocycles. The first-order valence-corrected chi connectivity index (χ1v) is 23.6. The van der Waals surface area contributed by atoms with Gasteiger partial charge in [-0.1, -0.05) is 78.6 Å². The molecule has 2 spiro atoms. The zero-order valence-corrected chi connectivity index (χ0v) is 38.8. The zero-order chi connectivity index (χ0) is 47.5. The van der Waals surface area contributed by atoms with E-state index in [9.17, 15) is 24.0 Å². The number of carbonyl (C=O) groups excluding carboxylic acids is 6. The van der Waals surface area contributed by atoms with Crippen molar-refractivity contribution in [2.45, 2.75) is 106 Å². The summed E-state index contributed by atoms with van der Waals surface area (Å²) in [6.45, 7) is 2.85. The number of benzene rings is 4. The number of halogens is 3. The summed E-state index contributed by atoms with van der Waals surface area (Å²) in [5.41, 5.74) is 4.72. The van der Waals surface area contributed by atoms with Crippen molar-refractivity contribution >= 4 is 70.9 Å². The molecule has 2 saturated heterocycles. The molecule has 4 aliphatic heterocycles. The molecule has 2 unspecified atom stereocenters. The fourth-order valence-electron chi connectivity index (χ4n) is 11.2. The monoisotopic (exact) mass is 946 g/mol. The largest absolute Gasteiger partial charge is 0.388 e. The van der Waals surface area contributed by atoms with Crippen molar-refractivity contribution in [2.24, 2.45) is 5.92 Å². The molecule has 0 aromatic heterocycles. The van der Waals surface area contributed by atoms with Crippen molar-refractivity contribution in [3.05, 3.63) is 128 Å². The molecule has 5 amide bonds. The molecule has 0 bridgehead atoms. The molecule has 348 valence electrons. The van der Waals surface area contributed by atoms with Gasteiger partial charge in [0, 0.05) is 83.1 Å². The minimum absolute atomic E-state index is 0.0535. The Bertz CT molecular complexity index is 2650. The average molecular weight is 948 g/mol. The van der Waals surface area contributed by atoms with Crippen LogP contribution in [0.15, 0.2) is 78.9 Å². The van der Waals surface area contributed by atoms with Gasteiger partial charge in [0.1, 0.15) is 24.1 Å². The molecule has 0 radical (unpaired) electrons. The molecule has 4 aromatic rings. The molecule has 67 heavy (non-hydrogen) atoms. The van der Waals surface area contributed by atoms with Gasteiger partial charge in [-0.25, -0.2) is 4.39 Å². The smallest absolute Gasteiger partial charge is 0.255 e. The van der Waals surface area contributed by atoms with Crippen molar-refractivity contribution in [1.82, 2.24) is 20.9 Å². The normalized spacial score (nSPS) is 24.4. The predicted molar refractivity (Wildman–Crippen MR) is 255 cm³/mol. The lowest BCUT2D eigenvalue weighted by Crippen LogP contribution is -2.60. The van der Waals surface area contributed by atoms with Crippen molar-refractivity contribution in [1.29, 1.82) is 0 Å². The number of imide groups is 1. The van der Waals surface area contributed by atoms with Gasteiger partial charge in [0.25, 0.3) is 11.8 Å². The summed E-state index contributed by atoms with van der Waals surface area (Å²) in [7, 11) is 1.84. The van der Waals surface area contributed by atoms with Crippen LogP contribution in [0, 0.1) is 23.6 Å². The lowest BCUT2D eigenvalue weighted by atomic mass is 9.56. The first-order chi connectivity index (χ1) is 32.4. The van der Waals surface area contributed by atoms with Crippen LogP contribution < -0.4 is 26.6 Å². The number of carbonyl (C=O) groups is 6. The van der Waals surface area contributed by atoms with E-state index in [1.54, 1.807) is 35.2 Å². The van der Waals surface area contributed by atoms with Crippen LogP contribution in [0.4, 0.5) is 15.8 Å². The number of amides is 5. The van der Waals surface area contributed by atoms with E-state index in [-0.39, 0.29) is 52.9 Å². The van der Waals surface area contributed by atoms with E-state index in [2.05, 4.69) is 38.4 Å². The van der Waals surface area contributed by atoms with Gasteiger partial charge in [0.15, 0.2) is 0 Å². The van der Waals surface area contributed by atoms with Crippen molar-refractivity contribution in [3.63, 3.8) is 0 Å². The van der Waals surface area contributed by atoms with Crippen LogP contribution in [-0.4, -0.2) is 72.4 Å². The molecule has 4 heterocycles. The molecule has 4 fully saturated rings. The molecule has 2 aliphatic carbocycles. The Morgan fingerprint density at radius 3 is 2.33 bits per heavy atom. The fourth-order valence-corrected chi connectivity index (χ4v) is 11.6. The van der Waals surface area contributed by atoms with E-state index in [4.69, 9.17) is 28.0 Å². The maximum Gasteiger partial charge on any atom is 0.255 e. The second kappa shape index (κ2) is 20.0. The Hall–Kier alpha value is -6.07. The molecule has 5 N–H and O–H groups in total. The van der Waals surface area contributed by atoms with Gasteiger partial charge in [-0.2, -0.15) is 0 Å². The summed E-state index contributed by atoms with van der Waals surface area (Å²) in [5, 5.41) is 15.9. The number of rotatable bonds is 5. The molecule has 15 heteroatoms. The van der Waals surface area contributed by atoms with E-state index < -0.39 is 28.7 Å². The molecule has 6 aliphatic rings. The number of nitrogens with one attached hydrogen (secondary N) is 5. The fraction of sp³-hybridized carbons (Fsp3) is 0.385. The zero-order valence-electron chi connectivity index (χ0n) is 37.2. The Kier molecular flexibility index (Phi) is 14.2. The van der Waals surface area contributed by atoms with Crippen LogP contribution in [-0.2, 0) is 31.1 Å². The van der Waals surface area contributed by atoms with E-state index in [0.717, 1.165) is 85.9 Å². The first-order valence-electron chi connectivity index (χ1n) is 22.9. The summed E-state index contributed by atoms with van der Waals surface area (Å²) in [4.78, 5) is 72.7. The second-order valence-corrected chi connectivity index (χ2v) is 18.9. The van der Waals surface area contributed by atoms with Crippen LogP contribution in [0.25, 0.3) is 0 Å². The van der Waals surface area contributed by atoms with Crippen molar-refractivity contribution < 1.29 is 33.2 Å². The number of hydrogen-bond donors (Lipinski definition) is 5. The summed E-state index contributed by atoms with van der Waals surface area (Å²) in [5.74, 6) is 5.11. The van der Waals surface area contributed by atoms with E-state index in [1.807, 2.05) is 62.4 Å². The van der Waals surface area contributed by atoms with Gasteiger partial charge >= 0.3 is 0 Å². The van der Waals surface area contributed by atoms with E-state index in [0.29, 0.717) is 41.2 Å². The molecular weight excluding hydrogens is 895 g/mol. The Balaban J connectivity index is 0.000000181. The highest BCUT2D eigenvalue weighted by Gasteiger charge is 2.68. The predicted octanol–water partition coefficient (Wildman–Crippen LogP) is 8.06. The average Bonchev–Trinajstić information content (AvgIpc) is 3.96. The van der Waals surface area contributed by atoms with E-state index in [1.165, 1.54) is 0 Å². The molecule has 10 rings (SSSR count). The van der Waals surface area contributed by atoms with Crippen LogP contribution in [0.1, 0.15) is 120 Å². The summed E-state index contributed by atoms with van der Waals surface area (Å²) >= 11 is 12.3. The minimum Gasteiger partial charge on any atom is -0.388 e. The van der Waals surface area contributed by atoms with Crippen LogP contribution in [0.2, 0.25) is 10.0 Å². The quantitative estimate of drug-likeness (QED) is 0.0991. The first kappa shape index (κ1) is 47.4.